The van der Waals surface area contributed by atoms with Gasteiger partial charge in [0.15, 0.2) is 11.6 Å². The van der Waals surface area contributed by atoms with Crippen molar-refractivity contribution in [1.29, 1.82) is 0 Å². The summed E-state index contributed by atoms with van der Waals surface area (Å²) in [6.45, 7) is 4.08. The number of hydrazine groups is 1. The molecule has 0 bridgehead atoms. The Bertz CT molecular complexity index is 358. The molecule has 0 aliphatic heterocycles. The SMILES string of the molecule is CC(C)(CO)CNc1nc(NN)ncc1F. The molecule has 90 valence electrons. The summed E-state index contributed by atoms with van der Waals surface area (Å²) in [4.78, 5) is 7.42. The molecule has 0 saturated heterocycles. The first kappa shape index (κ1) is 12.6. The lowest BCUT2D eigenvalue weighted by atomic mass is 9.95. The lowest BCUT2D eigenvalue weighted by molar-refractivity contribution is 0.170. The fourth-order valence-electron chi connectivity index (χ4n) is 0.940. The molecule has 0 aliphatic rings. The third-order valence-electron chi connectivity index (χ3n) is 2.04. The number of nitrogens with two attached hydrogens (primary N) is 1. The van der Waals surface area contributed by atoms with Crippen molar-refractivity contribution in [3.8, 4) is 0 Å². The molecule has 0 amide bonds. The highest BCUT2D eigenvalue weighted by Crippen LogP contribution is 2.17. The van der Waals surface area contributed by atoms with Crippen LogP contribution in [0.15, 0.2) is 6.20 Å². The second-order valence-electron chi connectivity index (χ2n) is 4.21. The normalized spacial score (nSPS) is 11.3. The van der Waals surface area contributed by atoms with E-state index in [1.807, 2.05) is 13.8 Å². The van der Waals surface area contributed by atoms with Gasteiger partial charge in [-0.25, -0.2) is 15.2 Å². The average molecular weight is 229 g/mol. The molecule has 0 atom stereocenters. The summed E-state index contributed by atoms with van der Waals surface area (Å²) in [7, 11) is 0. The van der Waals surface area contributed by atoms with Crippen LogP contribution in [-0.4, -0.2) is 28.2 Å². The van der Waals surface area contributed by atoms with E-state index in [1.165, 1.54) is 0 Å². The molecular weight excluding hydrogens is 213 g/mol. The second-order valence-corrected chi connectivity index (χ2v) is 4.21. The summed E-state index contributed by atoms with van der Waals surface area (Å²) in [5.41, 5.74) is 1.87. The first-order valence-corrected chi connectivity index (χ1v) is 4.82. The smallest absolute Gasteiger partial charge is 0.239 e. The zero-order valence-corrected chi connectivity index (χ0v) is 9.29. The van der Waals surface area contributed by atoms with E-state index < -0.39 is 5.82 Å². The van der Waals surface area contributed by atoms with Crippen molar-refractivity contribution >= 4 is 11.8 Å². The number of hydrogen-bond acceptors (Lipinski definition) is 6. The van der Waals surface area contributed by atoms with Gasteiger partial charge in [0.2, 0.25) is 5.95 Å². The molecule has 7 heteroatoms. The maximum Gasteiger partial charge on any atom is 0.239 e. The van der Waals surface area contributed by atoms with E-state index in [9.17, 15) is 4.39 Å². The monoisotopic (exact) mass is 229 g/mol. The molecule has 0 unspecified atom stereocenters. The number of rotatable bonds is 5. The third kappa shape index (κ3) is 3.28. The quantitative estimate of drug-likeness (QED) is 0.429. The van der Waals surface area contributed by atoms with E-state index in [0.717, 1.165) is 6.20 Å². The molecule has 1 heterocycles. The summed E-state index contributed by atoms with van der Waals surface area (Å²) >= 11 is 0. The molecule has 0 spiro atoms. The van der Waals surface area contributed by atoms with Crippen molar-refractivity contribution in [2.45, 2.75) is 13.8 Å². The Kier molecular flexibility index (Phi) is 3.97. The zero-order valence-electron chi connectivity index (χ0n) is 9.29. The molecule has 1 aromatic rings. The van der Waals surface area contributed by atoms with Gasteiger partial charge in [0.05, 0.1) is 6.20 Å². The molecule has 0 saturated carbocycles. The standard InChI is InChI=1S/C9H16FN5O/c1-9(2,5-16)4-13-7-6(10)3-12-8(14-7)15-11/h3,16H,4-5,11H2,1-2H3,(H2,12,13,14,15). The van der Waals surface area contributed by atoms with Gasteiger partial charge >= 0.3 is 0 Å². The fraction of sp³-hybridized carbons (Fsp3) is 0.556. The van der Waals surface area contributed by atoms with Gasteiger partial charge in [0.1, 0.15) is 0 Å². The minimum Gasteiger partial charge on any atom is -0.396 e. The van der Waals surface area contributed by atoms with Gasteiger partial charge in [-0.15, -0.1) is 0 Å². The first-order valence-electron chi connectivity index (χ1n) is 4.82. The second kappa shape index (κ2) is 5.04. The average Bonchev–Trinajstić information content (AvgIpc) is 2.28. The molecular formula is C9H16FN5O. The molecule has 1 rings (SSSR count). The Hall–Kier alpha value is -1.47. The van der Waals surface area contributed by atoms with Crippen molar-refractivity contribution in [3.63, 3.8) is 0 Å². The number of nitrogen functional groups attached to an aromatic ring is 1. The van der Waals surface area contributed by atoms with E-state index in [2.05, 4.69) is 20.7 Å². The Morgan fingerprint density at radius 2 is 2.25 bits per heavy atom. The minimum atomic E-state index is -0.562. The van der Waals surface area contributed by atoms with Gasteiger partial charge in [-0.2, -0.15) is 4.98 Å². The summed E-state index contributed by atoms with van der Waals surface area (Å²) in [6.07, 6.45) is 1.02. The lowest BCUT2D eigenvalue weighted by Crippen LogP contribution is -2.27. The summed E-state index contributed by atoms with van der Waals surface area (Å²) in [5.74, 6) is 4.74. The fourth-order valence-corrected chi connectivity index (χ4v) is 0.940. The van der Waals surface area contributed by atoms with Gasteiger partial charge in [-0.1, -0.05) is 13.8 Å². The molecule has 1 aromatic heterocycles. The number of halogens is 1. The van der Waals surface area contributed by atoms with Crippen molar-refractivity contribution in [2.24, 2.45) is 11.3 Å². The molecule has 0 radical (unpaired) electrons. The van der Waals surface area contributed by atoms with Crippen LogP contribution in [0.25, 0.3) is 0 Å². The van der Waals surface area contributed by atoms with Crippen molar-refractivity contribution in [2.75, 3.05) is 23.9 Å². The van der Waals surface area contributed by atoms with Crippen LogP contribution in [0.1, 0.15) is 13.8 Å². The third-order valence-corrected chi connectivity index (χ3v) is 2.04. The van der Waals surface area contributed by atoms with E-state index in [4.69, 9.17) is 10.9 Å². The van der Waals surface area contributed by atoms with Gasteiger partial charge in [-0.05, 0) is 0 Å². The molecule has 5 N–H and O–H groups in total. The van der Waals surface area contributed by atoms with Crippen molar-refractivity contribution < 1.29 is 9.50 Å². The number of anilines is 2. The maximum atomic E-state index is 13.3. The molecule has 0 aliphatic carbocycles. The number of aliphatic hydroxyl groups is 1. The highest BCUT2D eigenvalue weighted by Gasteiger charge is 2.17. The van der Waals surface area contributed by atoms with Crippen LogP contribution in [0, 0.1) is 11.2 Å². The minimum absolute atomic E-state index is 0.00526. The van der Waals surface area contributed by atoms with Crippen LogP contribution in [0.5, 0.6) is 0 Å². The van der Waals surface area contributed by atoms with Gasteiger partial charge in [0, 0.05) is 18.6 Å². The van der Waals surface area contributed by atoms with E-state index in [-0.39, 0.29) is 23.8 Å². The van der Waals surface area contributed by atoms with Gasteiger partial charge in [-0.3, -0.25) is 5.43 Å². The van der Waals surface area contributed by atoms with Crippen LogP contribution in [-0.2, 0) is 0 Å². The number of nitrogens with one attached hydrogen (secondary N) is 2. The first-order chi connectivity index (χ1) is 7.48. The summed E-state index contributed by atoms with van der Waals surface area (Å²) in [5, 5.41) is 11.8. The lowest BCUT2D eigenvalue weighted by Gasteiger charge is -2.22. The highest BCUT2D eigenvalue weighted by atomic mass is 19.1. The highest BCUT2D eigenvalue weighted by molar-refractivity contribution is 5.40. The van der Waals surface area contributed by atoms with Crippen LogP contribution in [0.3, 0.4) is 0 Å². The molecule has 0 fully saturated rings. The molecule has 16 heavy (non-hydrogen) atoms. The summed E-state index contributed by atoms with van der Waals surface area (Å²) in [6, 6.07) is 0. The summed E-state index contributed by atoms with van der Waals surface area (Å²) < 4.78 is 13.3. The van der Waals surface area contributed by atoms with Crippen LogP contribution < -0.4 is 16.6 Å². The number of aromatic nitrogens is 2. The molecule has 0 aromatic carbocycles. The van der Waals surface area contributed by atoms with E-state index in [0.29, 0.717) is 6.54 Å². The van der Waals surface area contributed by atoms with Crippen LogP contribution in [0.2, 0.25) is 0 Å². The predicted octanol–water partition coefficient (Wildman–Crippen LogP) is 0.332. The van der Waals surface area contributed by atoms with Crippen molar-refractivity contribution in [1.82, 2.24) is 9.97 Å². The Morgan fingerprint density at radius 3 is 2.81 bits per heavy atom. The molecule has 6 nitrogen and oxygen atoms in total. The van der Waals surface area contributed by atoms with Gasteiger partial charge < -0.3 is 10.4 Å². The van der Waals surface area contributed by atoms with E-state index in [1.54, 1.807) is 0 Å². The number of aliphatic hydroxyl groups excluding tert-OH is 1. The Morgan fingerprint density at radius 1 is 1.56 bits per heavy atom. The largest absolute Gasteiger partial charge is 0.396 e. The predicted molar refractivity (Wildman–Crippen MR) is 59.2 cm³/mol. The number of hydrogen-bond donors (Lipinski definition) is 4. The van der Waals surface area contributed by atoms with Crippen molar-refractivity contribution in [3.05, 3.63) is 12.0 Å². The number of nitrogens with zero attached hydrogens (tertiary/aromatic N) is 2. The Balaban J connectivity index is 2.73. The topological polar surface area (TPSA) is 96.1 Å². The van der Waals surface area contributed by atoms with Gasteiger partial charge in [0.25, 0.3) is 0 Å². The Labute approximate surface area is 93.1 Å². The van der Waals surface area contributed by atoms with E-state index >= 15 is 0 Å². The zero-order chi connectivity index (χ0) is 12.2. The van der Waals surface area contributed by atoms with Crippen LogP contribution in [0.4, 0.5) is 16.2 Å². The maximum absolute atomic E-state index is 13.3. The van der Waals surface area contributed by atoms with Crippen LogP contribution >= 0.6 is 0 Å².